The van der Waals surface area contributed by atoms with Crippen molar-refractivity contribution in [1.82, 2.24) is 4.98 Å². The summed E-state index contributed by atoms with van der Waals surface area (Å²) in [6, 6.07) is 3.30. The van der Waals surface area contributed by atoms with Gasteiger partial charge in [0.1, 0.15) is 16.6 Å². The molecule has 1 aromatic heterocycles. The van der Waals surface area contributed by atoms with Crippen LogP contribution in [0.25, 0.3) is 11.3 Å². The lowest BCUT2D eigenvalue weighted by atomic mass is 10.1. The maximum absolute atomic E-state index is 13.6. The molecule has 6 heteroatoms. The van der Waals surface area contributed by atoms with Crippen LogP contribution in [0.3, 0.4) is 0 Å². The van der Waals surface area contributed by atoms with Crippen molar-refractivity contribution in [2.75, 3.05) is 6.61 Å². The molecule has 0 saturated heterocycles. The highest BCUT2D eigenvalue weighted by molar-refractivity contribution is 7.10. The summed E-state index contributed by atoms with van der Waals surface area (Å²) < 4.78 is 31.2. The van der Waals surface area contributed by atoms with Crippen molar-refractivity contribution in [3.63, 3.8) is 0 Å². The van der Waals surface area contributed by atoms with E-state index < -0.39 is 11.6 Å². The van der Waals surface area contributed by atoms with Gasteiger partial charge in [0.15, 0.2) is 0 Å². The second-order valence-electron chi connectivity index (χ2n) is 3.73. The first-order valence-corrected chi connectivity index (χ1v) is 6.53. The molecule has 0 N–H and O–H groups in total. The molecule has 0 fully saturated rings. The van der Waals surface area contributed by atoms with Crippen molar-refractivity contribution in [1.29, 1.82) is 0 Å². The molecule has 1 heterocycles. The van der Waals surface area contributed by atoms with E-state index in [1.54, 1.807) is 12.3 Å². The Bertz CT molecular complexity index is 598. The molecule has 0 aliphatic rings. The fraction of sp³-hybridized carbons (Fsp3) is 0.231. The van der Waals surface area contributed by atoms with E-state index in [2.05, 4.69) is 4.98 Å². The lowest BCUT2D eigenvalue weighted by Crippen LogP contribution is -2.07. The van der Waals surface area contributed by atoms with Gasteiger partial charge in [-0.2, -0.15) is 0 Å². The zero-order valence-corrected chi connectivity index (χ0v) is 11.0. The SMILES string of the molecule is CCOC(=O)Cc1nc(-c2ccc(F)cc2F)cs1. The minimum absolute atomic E-state index is 0.0569. The van der Waals surface area contributed by atoms with Gasteiger partial charge in [-0.05, 0) is 19.1 Å². The van der Waals surface area contributed by atoms with Gasteiger partial charge in [-0.15, -0.1) is 11.3 Å². The van der Waals surface area contributed by atoms with Crippen molar-refractivity contribution >= 4 is 17.3 Å². The molecule has 100 valence electrons. The lowest BCUT2D eigenvalue weighted by molar-refractivity contribution is -0.142. The summed E-state index contributed by atoms with van der Waals surface area (Å²) in [5, 5.41) is 2.17. The monoisotopic (exact) mass is 283 g/mol. The van der Waals surface area contributed by atoms with Crippen LogP contribution in [0.2, 0.25) is 0 Å². The molecule has 1 aromatic carbocycles. The van der Waals surface area contributed by atoms with Crippen molar-refractivity contribution in [3.05, 3.63) is 40.2 Å². The number of hydrogen-bond acceptors (Lipinski definition) is 4. The van der Waals surface area contributed by atoms with E-state index in [1.165, 1.54) is 23.5 Å². The second-order valence-corrected chi connectivity index (χ2v) is 4.68. The summed E-state index contributed by atoms with van der Waals surface area (Å²) in [5.41, 5.74) is 0.606. The van der Waals surface area contributed by atoms with Crippen LogP contribution in [0.4, 0.5) is 8.78 Å². The highest BCUT2D eigenvalue weighted by Crippen LogP contribution is 2.25. The molecular formula is C13H11F2NO2S. The standard InChI is InChI=1S/C13H11F2NO2S/c1-2-18-13(17)6-12-16-11(7-19-12)9-4-3-8(14)5-10(9)15/h3-5,7H,2,6H2,1H3. The number of hydrogen-bond donors (Lipinski definition) is 0. The molecule has 0 unspecified atom stereocenters. The summed E-state index contributed by atoms with van der Waals surface area (Å²) in [6.07, 6.45) is 0.0569. The maximum atomic E-state index is 13.6. The first-order valence-electron chi connectivity index (χ1n) is 5.65. The van der Waals surface area contributed by atoms with E-state index in [0.29, 0.717) is 17.3 Å². The van der Waals surface area contributed by atoms with Crippen LogP contribution >= 0.6 is 11.3 Å². The first-order chi connectivity index (χ1) is 9.10. The van der Waals surface area contributed by atoms with Gasteiger partial charge < -0.3 is 4.74 Å². The number of carbonyl (C=O) groups excluding carboxylic acids is 1. The minimum Gasteiger partial charge on any atom is -0.466 e. The summed E-state index contributed by atoms with van der Waals surface area (Å²) in [7, 11) is 0. The van der Waals surface area contributed by atoms with Crippen LogP contribution < -0.4 is 0 Å². The Hall–Kier alpha value is -1.82. The van der Waals surface area contributed by atoms with Gasteiger partial charge in [-0.25, -0.2) is 13.8 Å². The van der Waals surface area contributed by atoms with Gasteiger partial charge in [0.05, 0.1) is 18.7 Å². The summed E-state index contributed by atoms with van der Waals surface area (Å²) in [4.78, 5) is 15.4. The molecule has 19 heavy (non-hydrogen) atoms. The molecule has 0 radical (unpaired) electrons. The minimum atomic E-state index is -0.673. The summed E-state index contributed by atoms with van der Waals surface area (Å²) in [6.45, 7) is 2.03. The Kier molecular flexibility index (Phi) is 4.21. The van der Waals surface area contributed by atoms with Crippen LogP contribution in [-0.2, 0) is 16.0 Å². The van der Waals surface area contributed by atoms with Gasteiger partial charge in [0.2, 0.25) is 0 Å². The van der Waals surface area contributed by atoms with Crippen molar-refractivity contribution in [2.45, 2.75) is 13.3 Å². The Morgan fingerprint density at radius 3 is 2.89 bits per heavy atom. The molecule has 0 aliphatic heterocycles. The van der Waals surface area contributed by atoms with E-state index in [9.17, 15) is 13.6 Å². The topological polar surface area (TPSA) is 39.2 Å². The van der Waals surface area contributed by atoms with Crippen molar-refractivity contribution in [2.24, 2.45) is 0 Å². The van der Waals surface area contributed by atoms with Gasteiger partial charge in [0, 0.05) is 17.0 Å². The summed E-state index contributed by atoms with van der Waals surface area (Å²) in [5.74, 6) is -1.68. The van der Waals surface area contributed by atoms with Gasteiger partial charge in [0.25, 0.3) is 0 Å². The molecule has 0 spiro atoms. The largest absolute Gasteiger partial charge is 0.466 e. The Morgan fingerprint density at radius 2 is 2.21 bits per heavy atom. The molecule has 0 aliphatic carbocycles. The van der Waals surface area contributed by atoms with Crippen molar-refractivity contribution in [3.8, 4) is 11.3 Å². The number of rotatable bonds is 4. The quantitative estimate of drug-likeness (QED) is 0.809. The Morgan fingerprint density at radius 1 is 1.42 bits per heavy atom. The van der Waals surface area contributed by atoms with Gasteiger partial charge in [-0.1, -0.05) is 0 Å². The van der Waals surface area contributed by atoms with E-state index in [0.717, 1.165) is 6.07 Å². The fourth-order valence-electron chi connectivity index (χ4n) is 1.55. The molecule has 3 nitrogen and oxygen atoms in total. The molecule has 0 bridgehead atoms. The average Bonchev–Trinajstić information content (AvgIpc) is 2.77. The lowest BCUT2D eigenvalue weighted by Gasteiger charge is -1.99. The third-order valence-corrected chi connectivity index (χ3v) is 3.21. The van der Waals surface area contributed by atoms with Gasteiger partial charge in [-0.3, -0.25) is 4.79 Å². The predicted octanol–water partition coefficient (Wildman–Crippen LogP) is 3.19. The number of thiazole rings is 1. The van der Waals surface area contributed by atoms with E-state index in [-0.39, 0.29) is 18.0 Å². The Labute approximate surface area is 112 Å². The maximum Gasteiger partial charge on any atom is 0.312 e. The van der Waals surface area contributed by atoms with Crippen molar-refractivity contribution < 1.29 is 18.3 Å². The zero-order chi connectivity index (χ0) is 13.8. The van der Waals surface area contributed by atoms with Crippen LogP contribution in [0.5, 0.6) is 0 Å². The number of esters is 1. The summed E-state index contributed by atoms with van der Waals surface area (Å²) >= 11 is 1.24. The highest BCUT2D eigenvalue weighted by Gasteiger charge is 2.12. The molecule has 2 rings (SSSR count). The van der Waals surface area contributed by atoms with E-state index in [4.69, 9.17) is 4.74 Å². The van der Waals surface area contributed by atoms with E-state index >= 15 is 0 Å². The third kappa shape index (κ3) is 3.35. The third-order valence-electron chi connectivity index (χ3n) is 2.36. The normalized spacial score (nSPS) is 10.5. The number of halogens is 2. The van der Waals surface area contributed by atoms with E-state index in [1.807, 2.05) is 0 Å². The number of benzene rings is 1. The Balaban J connectivity index is 2.18. The fourth-order valence-corrected chi connectivity index (χ4v) is 2.33. The predicted molar refractivity (Wildman–Crippen MR) is 67.8 cm³/mol. The number of carbonyl (C=O) groups is 1. The molecule has 0 amide bonds. The second kappa shape index (κ2) is 5.88. The highest BCUT2D eigenvalue weighted by atomic mass is 32.1. The number of aromatic nitrogens is 1. The number of ether oxygens (including phenoxy) is 1. The van der Waals surface area contributed by atoms with Gasteiger partial charge >= 0.3 is 5.97 Å². The van der Waals surface area contributed by atoms with Crippen LogP contribution in [0, 0.1) is 11.6 Å². The first kappa shape index (κ1) is 13.6. The number of nitrogens with zero attached hydrogens (tertiary/aromatic N) is 1. The van der Waals surface area contributed by atoms with Crippen LogP contribution in [0.15, 0.2) is 23.6 Å². The molecular weight excluding hydrogens is 272 g/mol. The molecule has 2 aromatic rings. The van der Waals surface area contributed by atoms with Crippen LogP contribution in [0.1, 0.15) is 11.9 Å². The molecule has 0 atom stereocenters. The smallest absolute Gasteiger partial charge is 0.312 e. The molecule has 0 saturated carbocycles. The zero-order valence-electron chi connectivity index (χ0n) is 10.2. The average molecular weight is 283 g/mol. The van der Waals surface area contributed by atoms with Crippen LogP contribution in [-0.4, -0.2) is 17.6 Å².